The van der Waals surface area contributed by atoms with E-state index in [1.54, 1.807) is 32.4 Å². The molecule has 0 saturated heterocycles. The van der Waals surface area contributed by atoms with Gasteiger partial charge in [0.15, 0.2) is 23.0 Å². The summed E-state index contributed by atoms with van der Waals surface area (Å²) in [4.78, 5) is 12.6. The standard InChI is InChI=1S/C22H18N2O4/c1-26-19-11-10-15(12-21(19)27-2)20-13-18(24-28-20)22(25)23-17-9-5-7-14-6-3-4-8-16(14)17/h3-13H,1-2H3,(H,23,25). The van der Waals surface area contributed by atoms with Crippen molar-refractivity contribution in [2.24, 2.45) is 0 Å². The van der Waals surface area contributed by atoms with Gasteiger partial charge in [-0.05, 0) is 29.7 Å². The molecule has 0 saturated carbocycles. The van der Waals surface area contributed by atoms with Gasteiger partial charge in [-0.3, -0.25) is 4.79 Å². The van der Waals surface area contributed by atoms with Crippen molar-refractivity contribution in [3.63, 3.8) is 0 Å². The van der Waals surface area contributed by atoms with Crippen molar-refractivity contribution in [1.82, 2.24) is 5.16 Å². The lowest BCUT2D eigenvalue weighted by atomic mass is 10.1. The Kier molecular flexibility index (Phi) is 4.68. The van der Waals surface area contributed by atoms with Crippen LogP contribution in [0.5, 0.6) is 11.5 Å². The minimum atomic E-state index is -0.341. The first-order valence-corrected chi connectivity index (χ1v) is 8.68. The summed E-state index contributed by atoms with van der Waals surface area (Å²) in [6.07, 6.45) is 0. The summed E-state index contributed by atoms with van der Waals surface area (Å²) in [5.74, 6) is 1.30. The highest BCUT2D eigenvalue weighted by molar-refractivity contribution is 6.08. The molecule has 4 aromatic rings. The molecule has 0 spiro atoms. The Morgan fingerprint density at radius 1 is 0.929 bits per heavy atom. The second-order valence-electron chi connectivity index (χ2n) is 6.13. The predicted molar refractivity (Wildman–Crippen MR) is 107 cm³/mol. The smallest absolute Gasteiger partial charge is 0.277 e. The zero-order valence-corrected chi connectivity index (χ0v) is 15.4. The molecule has 6 nitrogen and oxygen atoms in total. The first-order chi connectivity index (χ1) is 13.7. The maximum atomic E-state index is 12.6. The lowest BCUT2D eigenvalue weighted by molar-refractivity contribution is 0.101. The fourth-order valence-corrected chi connectivity index (χ4v) is 3.03. The Bertz CT molecular complexity index is 1140. The number of nitrogens with zero attached hydrogens (tertiary/aromatic N) is 1. The van der Waals surface area contributed by atoms with Crippen LogP contribution in [0.3, 0.4) is 0 Å². The Labute approximate surface area is 161 Å². The van der Waals surface area contributed by atoms with Crippen LogP contribution in [-0.4, -0.2) is 25.3 Å². The first kappa shape index (κ1) is 17.6. The Hall–Kier alpha value is -3.80. The number of hydrogen-bond donors (Lipinski definition) is 1. The number of hydrogen-bond acceptors (Lipinski definition) is 5. The maximum absolute atomic E-state index is 12.6. The van der Waals surface area contributed by atoms with Gasteiger partial charge in [-0.25, -0.2) is 0 Å². The van der Waals surface area contributed by atoms with Crippen LogP contribution >= 0.6 is 0 Å². The van der Waals surface area contributed by atoms with E-state index in [0.29, 0.717) is 17.3 Å². The fourth-order valence-electron chi connectivity index (χ4n) is 3.03. The van der Waals surface area contributed by atoms with Gasteiger partial charge in [0.1, 0.15) is 0 Å². The Morgan fingerprint density at radius 3 is 2.54 bits per heavy atom. The number of aromatic nitrogens is 1. The summed E-state index contributed by atoms with van der Waals surface area (Å²) in [5, 5.41) is 8.82. The third-order valence-corrected chi connectivity index (χ3v) is 4.45. The minimum Gasteiger partial charge on any atom is -0.493 e. The highest BCUT2D eigenvalue weighted by Gasteiger charge is 2.16. The van der Waals surface area contributed by atoms with Crippen LogP contribution in [0.1, 0.15) is 10.5 Å². The second kappa shape index (κ2) is 7.44. The number of carbonyl (C=O) groups excluding carboxylic acids is 1. The maximum Gasteiger partial charge on any atom is 0.277 e. The molecule has 6 heteroatoms. The molecule has 0 radical (unpaired) electrons. The van der Waals surface area contributed by atoms with Gasteiger partial charge in [-0.1, -0.05) is 41.6 Å². The molecule has 140 valence electrons. The van der Waals surface area contributed by atoms with Crippen LogP contribution in [0.25, 0.3) is 22.1 Å². The molecule has 0 atom stereocenters. The van der Waals surface area contributed by atoms with Crippen molar-refractivity contribution in [2.75, 3.05) is 19.5 Å². The number of rotatable bonds is 5. The number of carbonyl (C=O) groups is 1. The molecule has 1 N–H and O–H groups in total. The van der Waals surface area contributed by atoms with Crippen LogP contribution in [0.4, 0.5) is 5.69 Å². The third kappa shape index (κ3) is 3.27. The summed E-state index contributed by atoms with van der Waals surface area (Å²) >= 11 is 0. The van der Waals surface area contributed by atoms with Gasteiger partial charge in [0, 0.05) is 22.7 Å². The van der Waals surface area contributed by atoms with E-state index >= 15 is 0 Å². The molecule has 0 aliphatic carbocycles. The molecule has 1 amide bonds. The molecule has 1 aromatic heterocycles. The lowest BCUT2D eigenvalue weighted by Gasteiger charge is -2.07. The topological polar surface area (TPSA) is 73.6 Å². The first-order valence-electron chi connectivity index (χ1n) is 8.68. The molecule has 3 aromatic carbocycles. The summed E-state index contributed by atoms with van der Waals surface area (Å²) in [7, 11) is 3.13. The van der Waals surface area contributed by atoms with Crippen molar-refractivity contribution in [3.8, 4) is 22.8 Å². The van der Waals surface area contributed by atoms with Crippen molar-refractivity contribution >= 4 is 22.4 Å². The zero-order valence-electron chi connectivity index (χ0n) is 15.4. The molecule has 1 heterocycles. The van der Waals surface area contributed by atoms with Crippen LogP contribution in [0.15, 0.2) is 71.3 Å². The van der Waals surface area contributed by atoms with E-state index in [-0.39, 0.29) is 11.6 Å². The molecule has 28 heavy (non-hydrogen) atoms. The van der Waals surface area contributed by atoms with Crippen LogP contribution < -0.4 is 14.8 Å². The molecule has 0 unspecified atom stereocenters. The van der Waals surface area contributed by atoms with Crippen LogP contribution in [0, 0.1) is 0 Å². The lowest BCUT2D eigenvalue weighted by Crippen LogP contribution is -2.12. The number of nitrogens with one attached hydrogen (secondary N) is 1. The molecule has 0 bridgehead atoms. The van der Waals surface area contributed by atoms with Crippen molar-refractivity contribution in [3.05, 3.63) is 72.4 Å². The van der Waals surface area contributed by atoms with Gasteiger partial charge in [0.2, 0.25) is 0 Å². The van der Waals surface area contributed by atoms with E-state index in [1.165, 1.54) is 0 Å². The average Bonchev–Trinajstić information content (AvgIpc) is 3.24. The van der Waals surface area contributed by atoms with Gasteiger partial charge in [-0.15, -0.1) is 0 Å². The molecule has 4 rings (SSSR count). The molecular weight excluding hydrogens is 356 g/mol. The zero-order chi connectivity index (χ0) is 19.5. The third-order valence-electron chi connectivity index (χ3n) is 4.45. The highest BCUT2D eigenvalue weighted by atomic mass is 16.5. The van der Waals surface area contributed by atoms with Gasteiger partial charge >= 0.3 is 0 Å². The van der Waals surface area contributed by atoms with E-state index in [0.717, 1.165) is 22.0 Å². The van der Waals surface area contributed by atoms with Crippen molar-refractivity contribution in [1.29, 1.82) is 0 Å². The predicted octanol–water partition coefficient (Wildman–Crippen LogP) is 4.76. The van der Waals surface area contributed by atoms with Gasteiger partial charge in [0.25, 0.3) is 5.91 Å². The monoisotopic (exact) mass is 374 g/mol. The van der Waals surface area contributed by atoms with Gasteiger partial charge in [0.05, 0.1) is 14.2 Å². The molecular formula is C22H18N2O4. The van der Waals surface area contributed by atoms with E-state index < -0.39 is 0 Å². The number of ether oxygens (including phenoxy) is 2. The van der Waals surface area contributed by atoms with E-state index in [4.69, 9.17) is 14.0 Å². The van der Waals surface area contributed by atoms with Crippen molar-refractivity contribution in [2.45, 2.75) is 0 Å². The quantitative estimate of drug-likeness (QED) is 0.545. The van der Waals surface area contributed by atoms with Gasteiger partial charge in [-0.2, -0.15) is 0 Å². The molecule has 0 fully saturated rings. The summed E-state index contributed by atoms with van der Waals surface area (Å²) in [6, 6.07) is 20.6. The SMILES string of the molecule is COc1ccc(-c2cc(C(=O)Nc3cccc4ccccc34)no2)cc1OC. The van der Waals surface area contributed by atoms with E-state index in [9.17, 15) is 4.79 Å². The number of benzene rings is 3. The molecule has 0 aliphatic rings. The fraction of sp³-hybridized carbons (Fsp3) is 0.0909. The Balaban J connectivity index is 1.60. The molecule has 0 aliphatic heterocycles. The largest absolute Gasteiger partial charge is 0.493 e. The minimum absolute atomic E-state index is 0.192. The number of amides is 1. The van der Waals surface area contributed by atoms with Crippen LogP contribution in [0.2, 0.25) is 0 Å². The average molecular weight is 374 g/mol. The number of methoxy groups -OCH3 is 2. The van der Waals surface area contributed by atoms with E-state index in [2.05, 4.69) is 10.5 Å². The number of anilines is 1. The van der Waals surface area contributed by atoms with Crippen molar-refractivity contribution < 1.29 is 18.8 Å². The Morgan fingerprint density at radius 2 is 1.71 bits per heavy atom. The summed E-state index contributed by atoms with van der Waals surface area (Å²) in [5.41, 5.74) is 1.64. The highest BCUT2D eigenvalue weighted by Crippen LogP contribution is 2.32. The summed E-state index contributed by atoms with van der Waals surface area (Å²) < 4.78 is 15.9. The van der Waals surface area contributed by atoms with Crippen LogP contribution in [-0.2, 0) is 0 Å². The summed E-state index contributed by atoms with van der Waals surface area (Å²) in [6.45, 7) is 0. The van der Waals surface area contributed by atoms with Gasteiger partial charge < -0.3 is 19.3 Å². The van der Waals surface area contributed by atoms with E-state index in [1.807, 2.05) is 48.5 Å². The number of fused-ring (bicyclic) bond motifs is 1. The normalized spacial score (nSPS) is 10.6. The second-order valence-corrected chi connectivity index (χ2v) is 6.13.